The minimum Gasteiger partial charge on any atom is -0.372 e. The maximum Gasteiger partial charge on any atom is 0.221 e. The van der Waals surface area contributed by atoms with E-state index in [9.17, 15) is 9.59 Å². The molecule has 2 aromatic carbocycles. The summed E-state index contributed by atoms with van der Waals surface area (Å²) in [5, 5.41) is 2.72. The summed E-state index contributed by atoms with van der Waals surface area (Å²) in [6.07, 6.45) is -0.303. The fourth-order valence-corrected chi connectivity index (χ4v) is 2.82. The molecule has 1 aliphatic carbocycles. The summed E-state index contributed by atoms with van der Waals surface area (Å²) in [5.74, 6) is -0.290. The van der Waals surface area contributed by atoms with Crippen LogP contribution in [0, 0.1) is 0 Å². The van der Waals surface area contributed by atoms with Crippen LogP contribution in [-0.2, 0) is 9.53 Å². The first-order valence-corrected chi connectivity index (χ1v) is 6.70. The first-order chi connectivity index (χ1) is 10.1. The molecule has 4 heteroatoms. The second kappa shape index (κ2) is 5.14. The maximum atomic E-state index is 12.8. The van der Waals surface area contributed by atoms with Crippen LogP contribution in [0.15, 0.2) is 42.5 Å². The molecule has 1 aliphatic rings. The molecular formula is C17H15NO3. The largest absolute Gasteiger partial charge is 0.372 e. The number of ketones is 1. The predicted molar refractivity (Wildman–Crippen MR) is 79.5 cm³/mol. The third kappa shape index (κ3) is 2.14. The number of hydrogen-bond donors (Lipinski definition) is 1. The van der Waals surface area contributed by atoms with Crippen molar-refractivity contribution >= 4 is 17.4 Å². The zero-order valence-electron chi connectivity index (χ0n) is 11.8. The van der Waals surface area contributed by atoms with Gasteiger partial charge in [-0.1, -0.05) is 36.4 Å². The van der Waals surface area contributed by atoms with Gasteiger partial charge in [0.1, 0.15) is 6.10 Å². The van der Waals surface area contributed by atoms with Gasteiger partial charge >= 0.3 is 0 Å². The van der Waals surface area contributed by atoms with Crippen molar-refractivity contribution in [2.24, 2.45) is 0 Å². The third-order valence-corrected chi connectivity index (χ3v) is 3.64. The number of ether oxygens (including phenoxy) is 1. The number of benzene rings is 2. The average Bonchev–Trinajstić information content (AvgIpc) is 2.47. The Morgan fingerprint density at radius 1 is 1.10 bits per heavy atom. The number of hydrogen-bond acceptors (Lipinski definition) is 3. The highest BCUT2D eigenvalue weighted by atomic mass is 16.5. The van der Waals surface area contributed by atoms with Crippen molar-refractivity contribution in [1.82, 2.24) is 0 Å². The predicted octanol–water partition coefficient (Wildman–Crippen LogP) is 2.93. The number of rotatable bonds is 2. The van der Waals surface area contributed by atoms with E-state index in [1.54, 1.807) is 19.2 Å². The Labute approximate surface area is 122 Å². The minimum absolute atomic E-state index is 0.0850. The Morgan fingerprint density at radius 2 is 1.81 bits per heavy atom. The molecular weight excluding hydrogens is 266 g/mol. The van der Waals surface area contributed by atoms with Crippen LogP contribution in [-0.4, -0.2) is 18.8 Å². The zero-order valence-corrected chi connectivity index (χ0v) is 11.8. The number of methoxy groups -OCH3 is 1. The van der Waals surface area contributed by atoms with Crippen LogP contribution in [0.1, 0.15) is 40.1 Å². The summed E-state index contributed by atoms with van der Waals surface area (Å²) >= 11 is 0. The molecule has 0 heterocycles. The van der Waals surface area contributed by atoms with Gasteiger partial charge in [0.2, 0.25) is 5.91 Å². The van der Waals surface area contributed by atoms with E-state index in [1.807, 2.05) is 30.3 Å². The van der Waals surface area contributed by atoms with E-state index in [0.29, 0.717) is 16.8 Å². The smallest absolute Gasteiger partial charge is 0.221 e. The van der Waals surface area contributed by atoms with E-state index in [-0.39, 0.29) is 17.8 Å². The second-order valence-electron chi connectivity index (χ2n) is 4.98. The van der Waals surface area contributed by atoms with Crippen LogP contribution < -0.4 is 5.32 Å². The van der Waals surface area contributed by atoms with E-state index in [4.69, 9.17) is 4.74 Å². The van der Waals surface area contributed by atoms with Crippen molar-refractivity contribution in [3.8, 4) is 0 Å². The van der Waals surface area contributed by atoms with E-state index in [0.717, 1.165) is 11.1 Å². The molecule has 0 bridgehead atoms. The van der Waals surface area contributed by atoms with Gasteiger partial charge in [-0.3, -0.25) is 9.59 Å². The summed E-state index contributed by atoms with van der Waals surface area (Å²) in [7, 11) is 1.62. The summed E-state index contributed by atoms with van der Waals surface area (Å²) in [6.45, 7) is 1.43. The van der Waals surface area contributed by atoms with Gasteiger partial charge in [-0.05, 0) is 17.2 Å². The number of amides is 1. The van der Waals surface area contributed by atoms with Gasteiger partial charge in [-0.15, -0.1) is 0 Å². The Kier molecular flexibility index (Phi) is 3.31. The van der Waals surface area contributed by atoms with Crippen LogP contribution in [0.2, 0.25) is 0 Å². The van der Waals surface area contributed by atoms with Gasteiger partial charge in [-0.25, -0.2) is 0 Å². The van der Waals surface area contributed by atoms with Crippen molar-refractivity contribution in [3.05, 3.63) is 64.7 Å². The maximum absolute atomic E-state index is 12.8. The number of carbonyl (C=O) groups is 2. The van der Waals surface area contributed by atoms with Gasteiger partial charge in [0.25, 0.3) is 0 Å². The Morgan fingerprint density at radius 3 is 2.52 bits per heavy atom. The zero-order chi connectivity index (χ0) is 15.0. The standard InChI is InChI=1S/C17H15NO3/c1-10(19)18-14-9-5-8-13-15(14)16(20)11-6-3-4-7-12(11)17(13)21-2/h3-9,17H,1-2H3,(H,18,19). The third-order valence-electron chi connectivity index (χ3n) is 3.64. The average molecular weight is 281 g/mol. The van der Waals surface area contributed by atoms with E-state index < -0.39 is 0 Å². The SMILES string of the molecule is COC1c2ccccc2C(=O)c2c(NC(C)=O)cccc21. The molecule has 0 saturated heterocycles. The molecule has 0 fully saturated rings. The van der Waals surface area contributed by atoms with Gasteiger partial charge in [0.05, 0.1) is 11.3 Å². The van der Waals surface area contributed by atoms with Crippen molar-refractivity contribution < 1.29 is 14.3 Å². The van der Waals surface area contributed by atoms with Crippen molar-refractivity contribution in [2.75, 3.05) is 12.4 Å². The van der Waals surface area contributed by atoms with Crippen LogP contribution in [0.25, 0.3) is 0 Å². The lowest BCUT2D eigenvalue weighted by Crippen LogP contribution is -2.23. The molecule has 1 atom stereocenters. The molecule has 4 nitrogen and oxygen atoms in total. The lowest BCUT2D eigenvalue weighted by Gasteiger charge is -2.27. The summed E-state index contributed by atoms with van der Waals surface area (Å²) in [6, 6.07) is 12.8. The lowest BCUT2D eigenvalue weighted by molar-refractivity contribution is -0.114. The highest BCUT2D eigenvalue weighted by Crippen LogP contribution is 2.39. The molecule has 0 aromatic heterocycles. The van der Waals surface area contributed by atoms with E-state index in [2.05, 4.69) is 5.32 Å². The fourth-order valence-electron chi connectivity index (χ4n) is 2.82. The molecule has 1 unspecified atom stereocenters. The van der Waals surface area contributed by atoms with Crippen molar-refractivity contribution in [2.45, 2.75) is 13.0 Å². The Bertz CT molecular complexity index is 737. The quantitative estimate of drug-likeness (QED) is 0.920. The van der Waals surface area contributed by atoms with Gasteiger partial charge in [-0.2, -0.15) is 0 Å². The summed E-state index contributed by atoms with van der Waals surface area (Å²) in [5.41, 5.74) is 3.30. The molecule has 0 aliphatic heterocycles. The molecule has 3 rings (SSSR count). The monoisotopic (exact) mass is 281 g/mol. The number of carbonyl (C=O) groups excluding carboxylic acids is 2. The lowest BCUT2D eigenvalue weighted by atomic mass is 9.82. The first kappa shape index (κ1) is 13.5. The highest BCUT2D eigenvalue weighted by molar-refractivity contribution is 6.17. The van der Waals surface area contributed by atoms with Crippen LogP contribution in [0.5, 0.6) is 0 Å². The second-order valence-corrected chi connectivity index (χ2v) is 4.98. The van der Waals surface area contributed by atoms with Crippen molar-refractivity contribution in [1.29, 1.82) is 0 Å². The van der Waals surface area contributed by atoms with E-state index >= 15 is 0 Å². The van der Waals surface area contributed by atoms with Gasteiger partial charge < -0.3 is 10.1 Å². The molecule has 0 saturated carbocycles. The Hall–Kier alpha value is -2.46. The van der Waals surface area contributed by atoms with Crippen molar-refractivity contribution in [3.63, 3.8) is 0 Å². The molecule has 1 amide bonds. The summed E-state index contributed by atoms with van der Waals surface area (Å²) in [4.78, 5) is 24.1. The first-order valence-electron chi connectivity index (χ1n) is 6.70. The molecule has 21 heavy (non-hydrogen) atoms. The van der Waals surface area contributed by atoms with Gasteiger partial charge in [0.15, 0.2) is 5.78 Å². The van der Waals surface area contributed by atoms with Crippen LogP contribution >= 0.6 is 0 Å². The number of fused-ring (bicyclic) bond motifs is 2. The highest BCUT2D eigenvalue weighted by Gasteiger charge is 2.32. The number of anilines is 1. The topological polar surface area (TPSA) is 55.4 Å². The summed E-state index contributed by atoms with van der Waals surface area (Å²) < 4.78 is 5.59. The molecule has 0 spiro atoms. The van der Waals surface area contributed by atoms with E-state index in [1.165, 1.54) is 6.92 Å². The molecule has 0 radical (unpaired) electrons. The Balaban J connectivity index is 2.24. The van der Waals surface area contributed by atoms with Gasteiger partial charge in [0, 0.05) is 19.6 Å². The number of nitrogens with one attached hydrogen (secondary N) is 1. The molecule has 2 aromatic rings. The van der Waals surface area contributed by atoms with Crippen LogP contribution in [0.4, 0.5) is 5.69 Å². The van der Waals surface area contributed by atoms with Crippen LogP contribution in [0.3, 0.4) is 0 Å². The molecule has 1 N–H and O–H groups in total. The molecule has 106 valence electrons. The minimum atomic E-state index is -0.303. The fraction of sp³-hybridized carbons (Fsp3) is 0.176. The normalized spacial score (nSPS) is 16.1.